The van der Waals surface area contributed by atoms with E-state index < -0.39 is 11.2 Å². The second kappa shape index (κ2) is 10.5. The molecule has 0 saturated carbocycles. The van der Waals surface area contributed by atoms with Gasteiger partial charge in [-0.15, -0.1) is 6.58 Å². The standard InChI is InChI=1S/C20H27N5O3S/c1-4-6-12-24-17(21)16(18(26)23-19(24)27)25(20(29)22-11-5-2)13-14-9-7-8-10-15(14)28-3/h5,7-10H,2,4,6,11-13,21H2,1,3H3,(H,22,29)(H,23,26,27). The lowest BCUT2D eigenvalue weighted by Crippen LogP contribution is -2.45. The number of hydrogen-bond donors (Lipinski definition) is 3. The molecule has 0 aliphatic carbocycles. The molecule has 156 valence electrons. The first kappa shape index (κ1) is 22.2. The number of nitrogens with one attached hydrogen (secondary N) is 2. The molecule has 8 nitrogen and oxygen atoms in total. The number of benzene rings is 1. The fraction of sp³-hybridized carbons (Fsp3) is 0.350. The first-order chi connectivity index (χ1) is 13.9. The number of ether oxygens (including phenoxy) is 1. The molecule has 0 atom stereocenters. The molecule has 0 saturated heterocycles. The van der Waals surface area contributed by atoms with Crippen molar-refractivity contribution >= 4 is 28.8 Å². The van der Waals surface area contributed by atoms with Gasteiger partial charge in [0.15, 0.2) is 10.8 Å². The van der Waals surface area contributed by atoms with Crippen molar-refractivity contribution in [3.05, 3.63) is 63.3 Å². The van der Waals surface area contributed by atoms with Crippen LogP contribution in [0.25, 0.3) is 0 Å². The summed E-state index contributed by atoms with van der Waals surface area (Å²) in [6.07, 6.45) is 3.29. The van der Waals surface area contributed by atoms with Gasteiger partial charge >= 0.3 is 5.69 Å². The third-order valence-electron chi connectivity index (χ3n) is 4.38. The van der Waals surface area contributed by atoms with Crippen LogP contribution in [0.15, 0.2) is 46.5 Å². The summed E-state index contributed by atoms with van der Waals surface area (Å²) < 4.78 is 6.79. The number of para-hydroxylation sites is 1. The second-order valence-corrected chi connectivity index (χ2v) is 6.76. The molecular weight excluding hydrogens is 390 g/mol. The molecule has 0 amide bonds. The molecular formula is C20H27N5O3S. The van der Waals surface area contributed by atoms with Crippen LogP contribution in [0, 0.1) is 0 Å². The highest BCUT2D eigenvalue weighted by atomic mass is 32.1. The number of hydrogen-bond acceptors (Lipinski definition) is 5. The third kappa shape index (κ3) is 5.26. The summed E-state index contributed by atoms with van der Waals surface area (Å²) in [6.45, 7) is 6.72. The number of nitrogens with zero attached hydrogens (tertiary/aromatic N) is 2. The summed E-state index contributed by atoms with van der Waals surface area (Å²) in [5.41, 5.74) is 6.07. The van der Waals surface area contributed by atoms with E-state index in [0.717, 1.165) is 18.4 Å². The summed E-state index contributed by atoms with van der Waals surface area (Å²) in [7, 11) is 1.57. The van der Waals surface area contributed by atoms with Crippen molar-refractivity contribution in [3.8, 4) is 5.75 Å². The van der Waals surface area contributed by atoms with Gasteiger partial charge in [-0.3, -0.25) is 14.3 Å². The molecule has 9 heteroatoms. The van der Waals surface area contributed by atoms with E-state index in [4.69, 9.17) is 22.7 Å². The Kier molecular flexibility index (Phi) is 8.02. The summed E-state index contributed by atoms with van der Waals surface area (Å²) in [6, 6.07) is 7.42. The Balaban J connectivity index is 2.59. The molecule has 0 spiro atoms. The molecule has 4 N–H and O–H groups in total. The third-order valence-corrected chi connectivity index (χ3v) is 4.75. The van der Waals surface area contributed by atoms with Gasteiger partial charge in [0.05, 0.1) is 13.7 Å². The molecule has 1 heterocycles. The lowest BCUT2D eigenvalue weighted by Gasteiger charge is -2.27. The van der Waals surface area contributed by atoms with Gasteiger partial charge in [-0.05, 0) is 24.7 Å². The van der Waals surface area contributed by atoms with Crippen LogP contribution in [0.4, 0.5) is 11.5 Å². The van der Waals surface area contributed by atoms with Crippen molar-refractivity contribution in [2.75, 3.05) is 24.3 Å². The smallest absolute Gasteiger partial charge is 0.330 e. The number of H-pyrrole nitrogens is 1. The number of aromatic nitrogens is 2. The van der Waals surface area contributed by atoms with Gasteiger partial charge in [0.2, 0.25) is 0 Å². The van der Waals surface area contributed by atoms with E-state index in [0.29, 0.717) is 18.8 Å². The van der Waals surface area contributed by atoms with Gasteiger partial charge in [-0.2, -0.15) is 0 Å². The highest BCUT2D eigenvalue weighted by molar-refractivity contribution is 7.80. The maximum Gasteiger partial charge on any atom is 0.330 e. The van der Waals surface area contributed by atoms with Crippen LogP contribution in [-0.4, -0.2) is 28.3 Å². The predicted octanol–water partition coefficient (Wildman–Crippen LogP) is 1.99. The monoisotopic (exact) mass is 417 g/mol. The van der Waals surface area contributed by atoms with Crippen LogP contribution in [0.5, 0.6) is 5.75 Å². The number of rotatable bonds is 9. The van der Waals surface area contributed by atoms with Crippen LogP contribution < -0.4 is 31.9 Å². The number of unbranched alkanes of at least 4 members (excludes halogenated alkanes) is 1. The second-order valence-electron chi connectivity index (χ2n) is 6.37. The number of anilines is 2. The Morgan fingerprint density at radius 3 is 2.79 bits per heavy atom. The molecule has 0 aliphatic heterocycles. The first-order valence-electron chi connectivity index (χ1n) is 9.35. The van der Waals surface area contributed by atoms with Crippen molar-refractivity contribution in [1.82, 2.24) is 14.9 Å². The molecule has 2 aromatic rings. The molecule has 0 fully saturated rings. The molecule has 0 unspecified atom stereocenters. The van der Waals surface area contributed by atoms with Crippen LogP contribution >= 0.6 is 12.2 Å². The minimum absolute atomic E-state index is 0.0739. The highest BCUT2D eigenvalue weighted by Crippen LogP contribution is 2.24. The van der Waals surface area contributed by atoms with E-state index in [2.05, 4.69) is 16.9 Å². The summed E-state index contributed by atoms with van der Waals surface area (Å²) >= 11 is 5.51. The molecule has 1 aromatic heterocycles. The zero-order valence-electron chi connectivity index (χ0n) is 16.7. The van der Waals surface area contributed by atoms with Crippen molar-refractivity contribution in [3.63, 3.8) is 0 Å². The number of thiocarbonyl (C=S) groups is 1. The van der Waals surface area contributed by atoms with Crippen LogP contribution in [0.1, 0.15) is 25.3 Å². The Hall–Kier alpha value is -3.07. The molecule has 29 heavy (non-hydrogen) atoms. The maximum absolute atomic E-state index is 12.7. The molecule has 0 bridgehead atoms. The van der Waals surface area contributed by atoms with E-state index in [9.17, 15) is 9.59 Å². The number of aromatic amines is 1. The summed E-state index contributed by atoms with van der Waals surface area (Å²) in [5, 5.41) is 3.31. The number of nitrogen functional groups attached to an aromatic ring is 1. The van der Waals surface area contributed by atoms with E-state index in [-0.39, 0.29) is 23.2 Å². The first-order valence-corrected chi connectivity index (χ1v) is 9.76. The quantitative estimate of drug-likeness (QED) is 0.423. The van der Waals surface area contributed by atoms with Gasteiger partial charge in [-0.25, -0.2) is 4.79 Å². The van der Waals surface area contributed by atoms with Gasteiger partial charge in [-0.1, -0.05) is 37.6 Å². The van der Waals surface area contributed by atoms with E-state index in [1.165, 1.54) is 4.57 Å². The van der Waals surface area contributed by atoms with Crippen LogP contribution in [-0.2, 0) is 13.1 Å². The molecule has 0 aliphatic rings. The minimum Gasteiger partial charge on any atom is -0.496 e. The van der Waals surface area contributed by atoms with E-state index in [1.54, 1.807) is 18.1 Å². The summed E-state index contributed by atoms with van der Waals surface area (Å²) in [5.74, 6) is 0.725. The SMILES string of the molecule is C=CCNC(=S)N(Cc1ccccc1OC)c1c(N)n(CCCC)c(=O)[nH]c1=O. The maximum atomic E-state index is 12.7. The van der Waals surface area contributed by atoms with Gasteiger partial charge in [0, 0.05) is 18.7 Å². The average molecular weight is 418 g/mol. The zero-order chi connectivity index (χ0) is 21.4. The van der Waals surface area contributed by atoms with Gasteiger partial charge in [0.1, 0.15) is 11.6 Å². The Morgan fingerprint density at radius 2 is 2.14 bits per heavy atom. The van der Waals surface area contributed by atoms with E-state index >= 15 is 0 Å². The Morgan fingerprint density at radius 1 is 1.41 bits per heavy atom. The predicted molar refractivity (Wildman–Crippen MR) is 121 cm³/mol. The Bertz CT molecular complexity index is 983. The lowest BCUT2D eigenvalue weighted by atomic mass is 10.2. The molecule has 0 radical (unpaired) electrons. The largest absolute Gasteiger partial charge is 0.496 e. The zero-order valence-corrected chi connectivity index (χ0v) is 17.6. The molecule has 1 aromatic carbocycles. The number of nitrogens with two attached hydrogens (primary N) is 1. The fourth-order valence-electron chi connectivity index (χ4n) is 2.89. The van der Waals surface area contributed by atoms with Crippen molar-refractivity contribution in [2.24, 2.45) is 0 Å². The normalized spacial score (nSPS) is 10.4. The summed E-state index contributed by atoms with van der Waals surface area (Å²) in [4.78, 5) is 28.9. The average Bonchev–Trinajstić information content (AvgIpc) is 2.71. The van der Waals surface area contributed by atoms with Crippen LogP contribution in [0.3, 0.4) is 0 Å². The van der Waals surface area contributed by atoms with Crippen LogP contribution in [0.2, 0.25) is 0 Å². The molecule has 2 rings (SSSR count). The lowest BCUT2D eigenvalue weighted by molar-refractivity contribution is 0.410. The van der Waals surface area contributed by atoms with Crippen molar-refractivity contribution in [1.29, 1.82) is 0 Å². The number of methoxy groups -OCH3 is 1. The van der Waals surface area contributed by atoms with Crippen molar-refractivity contribution in [2.45, 2.75) is 32.9 Å². The van der Waals surface area contributed by atoms with Gasteiger partial charge < -0.3 is 20.7 Å². The Labute approximate surface area is 175 Å². The van der Waals surface area contributed by atoms with Gasteiger partial charge in [0.25, 0.3) is 5.56 Å². The fourth-order valence-corrected chi connectivity index (χ4v) is 3.13. The van der Waals surface area contributed by atoms with Crippen molar-refractivity contribution < 1.29 is 4.74 Å². The topological polar surface area (TPSA) is 105 Å². The highest BCUT2D eigenvalue weighted by Gasteiger charge is 2.23. The minimum atomic E-state index is -0.599. The van der Waals surface area contributed by atoms with E-state index in [1.807, 2.05) is 31.2 Å².